The predicted octanol–water partition coefficient (Wildman–Crippen LogP) is 3.75. The Bertz CT molecular complexity index is 312. The van der Waals surface area contributed by atoms with E-state index in [0.29, 0.717) is 17.6 Å². The van der Waals surface area contributed by atoms with Crippen LogP contribution in [0.5, 0.6) is 0 Å². The molecular formula is C18H31NO. The van der Waals surface area contributed by atoms with Crippen LogP contribution in [0.4, 0.5) is 0 Å². The number of hydrogen-bond donors (Lipinski definition) is 1. The Hall–Kier alpha value is -0.0800. The second kappa shape index (κ2) is 5.28. The third-order valence-corrected chi connectivity index (χ3v) is 6.93. The van der Waals surface area contributed by atoms with Crippen molar-refractivity contribution < 1.29 is 4.74 Å². The van der Waals surface area contributed by atoms with Gasteiger partial charge in [0.15, 0.2) is 0 Å². The molecule has 4 aliphatic carbocycles. The van der Waals surface area contributed by atoms with Crippen molar-refractivity contribution in [2.75, 3.05) is 13.2 Å². The van der Waals surface area contributed by atoms with Gasteiger partial charge in [-0.3, -0.25) is 0 Å². The average Bonchev–Trinajstić information content (AvgIpc) is 2.44. The summed E-state index contributed by atoms with van der Waals surface area (Å²) in [6.07, 6.45) is 13.6. The second-order valence-electron chi connectivity index (χ2n) is 8.40. The average molecular weight is 277 g/mol. The Morgan fingerprint density at radius 1 is 1.05 bits per heavy atom. The van der Waals surface area contributed by atoms with Crippen LogP contribution < -0.4 is 5.32 Å². The zero-order valence-electron chi connectivity index (χ0n) is 13.1. The van der Waals surface area contributed by atoms with Gasteiger partial charge in [-0.1, -0.05) is 0 Å². The Balaban J connectivity index is 1.36. The van der Waals surface area contributed by atoms with Crippen molar-refractivity contribution in [2.24, 2.45) is 23.2 Å². The van der Waals surface area contributed by atoms with Gasteiger partial charge in [-0.15, -0.1) is 0 Å². The highest BCUT2D eigenvalue weighted by atomic mass is 16.5. The fraction of sp³-hybridized carbons (Fsp3) is 1.00. The van der Waals surface area contributed by atoms with E-state index in [-0.39, 0.29) is 0 Å². The van der Waals surface area contributed by atoms with E-state index in [1.807, 2.05) is 0 Å². The highest BCUT2D eigenvalue weighted by molar-refractivity contribution is 5.05. The molecular weight excluding hydrogens is 246 g/mol. The van der Waals surface area contributed by atoms with Gasteiger partial charge >= 0.3 is 0 Å². The third-order valence-electron chi connectivity index (χ3n) is 6.93. The molecule has 114 valence electrons. The molecule has 5 aliphatic rings. The predicted molar refractivity (Wildman–Crippen MR) is 81.7 cm³/mol. The first-order valence-corrected chi connectivity index (χ1v) is 9.08. The summed E-state index contributed by atoms with van der Waals surface area (Å²) < 4.78 is 5.88. The molecule has 1 N–H and O–H groups in total. The molecule has 1 saturated heterocycles. The van der Waals surface area contributed by atoms with E-state index in [9.17, 15) is 0 Å². The minimum Gasteiger partial charge on any atom is -0.377 e. The van der Waals surface area contributed by atoms with Crippen LogP contribution in [-0.2, 0) is 4.74 Å². The van der Waals surface area contributed by atoms with E-state index in [1.54, 1.807) is 19.3 Å². The molecule has 5 fully saturated rings. The SMILES string of the molecule is CC(NCC1CCCCO1)C12CC3CC(CC(C3)C1)C2. The van der Waals surface area contributed by atoms with Gasteiger partial charge in [0.1, 0.15) is 0 Å². The first-order valence-electron chi connectivity index (χ1n) is 9.08. The van der Waals surface area contributed by atoms with Gasteiger partial charge in [0.25, 0.3) is 0 Å². The molecule has 20 heavy (non-hydrogen) atoms. The van der Waals surface area contributed by atoms with Gasteiger partial charge in [-0.2, -0.15) is 0 Å². The van der Waals surface area contributed by atoms with Crippen molar-refractivity contribution in [2.45, 2.75) is 76.9 Å². The molecule has 4 bridgehead atoms. The van der Waals surface area contributed by atoms with Gasteiger partial charge in [0.2, 0.25) is 0 Å². The molecule has 2 heteroatoms. The summed E-state index contributed by atoms with van der Waals surface area (Å²) in [5, 5.41) is 3.88. The topological polar surface area (TPSA) is 21.3 Å². The first kappa shape index (κ1) is 13.6. The molecule has 0 spiro atoms. The zero-order chi connectivity index (χ0) is 13.6. The smallest absolute Gasteiger partial charge is 0.0699 e. The van der Waals surface area contributed by atoms with Crippen molar-refractivity contribution in [3.05, 3.63) is 0 Å². The summed E-state index contributed by atoms with van der Waals surface area (Å²) in [6.45, 7) is 4.54. The van der Waals surface area contributed by atoms with Gasteiger partial charge in [0, 0.05) is 19.2 Å². The summed E-state index contributed by atoms with van der Waals surface area (Å²) in [4.78, 5) is 0. The lowest BCUT2D eigenvalue weighted by Crippen LogP contribution is -2.55. The van der Waals surface area contributed by atoms with Gasteiger partial charge in [0.05, 0.1) is 6.10 Å². The first-order chi connectivity index (χ1) is 9.73. The number of nitrogens with one attached hydrogen (secondary N) is 1. The molecule has 0 aromatic rings. The molecule has 2 unspecified atom stereocenters. The minimum atomic E-state index is 0.486. The van der Waals surface area contributed by atoms with Crippen LogP contribution in [-0.4, -0.2) is 25.3 Å². The van der Waals surface area contributed by atoms with Crippen LogP contribution in [0.2, 0.25) is 0 Å². The standard InChI is InChI=1S/C18H31NO/c1-13(19-12-17-4-2-3-5-20-17)18-9-14-6-15(10-18)8-16(7-14)11-18/h13-17,19H,2-12H2,1H3. The number of hydrogen-bond acceptors (Lipinski definition) is 2. The molecule has 0 aromatic heterocycles. The van der Waals surface area contributed by atoms with Crippen molar-refractivity contribution in [3.8, 4) is 0 Å². The lowest BCUT2D eigenvalue weighted by molar-refractivity contribution is -0.0736. The van der Waals surface area contributed by atoms with Crippen LogP contribution in [0.1, 0.15) is 64.7 Å². The van der Waals surface area contributed by atoms with Crippen molar-refractivity contribution in [1.82, 2.24) is 5.32 Å². The van der Waals surface area contributed by atoms with Crippen molar-refractivity contribution in [1.29, 1.82) is 0 Å². The summed E-state index contributed by atoms with van der Waals surface area (Å²) >= 11 is 0. The van der Waals surface area contributed by atoms with Crippen LogP contribution >= 0.6 is 0 Å². The molecule has 0 aromatic carbocycles. The van der Waals surface area contributed by atoms with Crippen LogP contribution in [0.3, 0.4) is 0 Å². The van der Waals surface area contributed by atoms with E-state index >= 15 is 0 Å². The maximum atomic E-state index is 5.88. The Morgan fingerprint density at radius 3 is 2.25 bits per heavy atom. The monoisotopic (exact) mass is 277 g/mol. The minimum absolute atomic E-state index is 0.486. The highest BCUT2D eigenvalue weighted by Crippen LogP contribution is 2.61. The maximum absolute atomic E-state index is 5.88. The highest BCUT2D eigenvalue weighted by Gasteiger charge is 2.52. The van der Waals surface area contributed by atoms with Crippen molar-refractivity contribution in [3.63, 3.8) is 0 Å². The summed E-state index contributed by atoms with van der Waals surface area (Å²) in [7, 11) is 0. The molecule has 5 rings (SSSR count). The molecule has 1 aliphatic heterocycles. The number of rotatable bonds is 4. The van der Waals surface area contributed by atoms with Crippen LogP contribution in [0, 0.1) is 23.2 Å². The van der Waals surface area contributed by atoms with E-state index in [0.717, 1.165) is 30.9 Å². The molecule has 2 nitrogen and oxygen atoms in total. The normalized spacial score (nSPS) is 48.5. The molecule has 0 radical (unpaired) electrons. The zero-order valence-corrected chi connectivity index (χ0v) is 13.1. The van der Waals surface area contributed by atoms with E-state index in [2.05, 4.69) is 12.2 Å². The quantitative estimate of drug-likeness (QED) is 0.845. The van der Waals surface area contributed by atoms with Crippen molar-refractivity contribution >= 4 is 0 Å². The Labute approximate surface area is 124 Å². The molecule has 0 amide bonds. The Morgan fingerprint density at radius 2 is 1.70 bits per heavy atom. The third kappa shape index (κ3) is 2.43. The Kier molecular flexibility index (Phi) is 3.58. The lowest BCUT2D eigenvalue weighted by atomic mass is 9.48. The van der Waals surface area contributed by atoms with Gasteiger partial charge < -0.3 is 10.1 Å². The van der Waals surface area contributed by atoms with E-state index < -0.39 is 0 Å². The van der Waals surface area contributed by atoms with E-state index in [1.165, 1.54) is 38.5 Å². The molecule has 2 atom stereocenters. The summed E-state index contributed by atoms with van der Waals surface area (Å²) in [5.41, 5.74) is 0.642. The molecule has 1 heterocycles. The second-order valence-corrected chi connectivity index (χ2v) is 8.40. The van der Waals surface area contributed by atoms with Crippen LogP contribution in [0.15, 0.2) is 0 Å². The fourth-order valence-electron chi connectivity index (χ4n) is 6.20. The van der Waals surface area contributed by atoms with Crippen LogP contribution in [0.25, 0.3) is 0 Å². The lowest BCUT2D eigenvalue weighted by Gasteiger charge is -2.59. The van der Waals surface area contributed by atoms with E-state index in [4.69, 9.17) is 4.74 Å². The maximum Gasteiger partial charge on any atom is 0.0699 e. The van der Waals surface area contributed by atoms with Gasteiger partial charge in [-0.05, 0) is 87.9 Å². The summed E-state index contributed by atoms with van der Waals surface area (Å²) in [6, 6.07) is 0.696. The largest absolute Gasteiger partial charge is 0.377 e. The number of ether oxygens (including phenoxy) is 1. The molecule has 4 saturated carbocycles. The fourth-order valence-corrected chi connectivity index (χ4v) is 6.20. The summed E-state index contributed by atoms with van der Waals surface area (Å²) in [5.74, 6) is 3.20. The van der Waals surface area contributed by atoms with Gasteiger partial charge in [-0.25, -0.2) is 0 Å².